The van der Waals surface area contributed by atoms with Crippen molar-refractivity contribution in [1.29, 1.82) is 0 Å². The predicted octanol–water partition coefficient (Wildman–Crippen LogP) is 3.91. The van der Waals surface area contributed by atoms with E-state index < -0.39 is 0 Å². The summed E-state index contributed by atoms with van der Waals surface area (Å²) >= 11 is 1.39. The van der Waals surface area contributed by atoms with Crippen LogP contribution in [0.5, 0.6) is 0 Å². The number of carbonyl (C=O) groups is 1. The van der Waals surface area contributed by atoms with Crippen LogP contribution in [0, 0.1) is 5.82 Å². The molecule has 0 unspecified atom stereocenters. The number of nitrogens with zero attached hydrogens (tertiary/aromatic N) is 3. The van der Waals surface area contributed by atoms with Crippen LogP contribution in [0.4, 0.5) is 10.2 Å². The van der Waals surface area contributed by atoms with Gasteiger partial charge in [0, 0.05) is 23.1 Å². The van der Waals surface area contributed by atoms with Crippen molar-refractivity contribution in [3.8, 4) is 10.6 Å². The van der Waals surface area contributed by atoms with Gasteiger partial charge in [0.25, 0.3) is 0 Å². The van der Waals surface area contributed by atoms with Crippen LogP contribution in [-0.4, -0.2) is 20.7 Å². The first-order valence-corrected chi connectivity index (χ1v) is 8.44. The Morgan fingerprint density at radius 2 is 2.21 bits per heavy atom. The molecule has 0 aliphatic rings. The summed E-state index contributed by atoms with van der Waals surface area (Å²) in [6.07, 6.45) is 1.82. The lowest BCUT2D eigenvalue weighted by Crippen LogP contribution is -2.18. The first kappa shape index (κ1) is 16.3. The number of aromatic nitrogens is 3. The Labute approximate surface area is 143 Å². The molecule has 7 heteroatoms. The van der Waals surface area contributed by atoms with Gasteiger partial charge in [-0.15, -0.1) is 11.3 Å². The molecule has 24 heavy (non-hydrogen) atoms. The third-order valence-electron chi connectivity index (χ3n) is 3.39. The molecule has 0 fully saturated rings. The highest BCUT2D eigenvalue weighted by Gasteiger charge is 2.12. The van der Waals surface area contributed by atoms with E-state index in [1.807, 2.05) is 19.2 Å². The van der Waals surface area contributed by atoms with Crippen molar-refractivity contribution in [2.45, 2.75) is 26.3 Å². The number of anilines is 1. The Morgan fingerprint density at radius 1 is 1.38 bits per heavy atom. The SMILES string of the molecule is CC(C)n1nccc1NC(=O)Cc1csc(-c2cccc(F)c2)n1. The van der Waals surface area contributed by atoms with E-state index >= 15 is 0 Å². The lowest BCUT2D eigenvalue weighted by Gasteiger charge is -2.11. The fraction of sp³-hybridized carbons (Fsp3) is 0.235. The van der Waals surface area contributed by atoms with Gasteiger partial charge in [-0.1, -0.05) is 12.1 Å². The van der Waals surface area contributed by atoms with Gasteiger partial charge in [0.05, 0.1) is 18.3 Å². The summed E-state index contributed by atoms with van der Waals surface area (Å²) in [5.41, 5.74) is 1.37. The number of halogens is 1. The van der Waals surface area contributed by atoms with Crippen molar-refractivity contribution in [2.24, 2.45) is 0 Å². The standard InChI is InChI=1S/C17H17FN4OS/c1-11(2)22-15(6-7-19-22)21-16(23)9-14-10-24-17(20-14)12-4-3-5-13(18)8-12/h3-8,10-11H,9H2,1-2H3,(H,21,23). The van der Waals surface area contributed by atoms with Crippen LogP contribution in [0.25, 0.3) is 10.6 Å². The van der Waals surface area contributed by atoms with Gasteiger partial charge in [-0.2, -0.15) is 5.10 Å². The zero-order chi connectivity index (χ0) is 17.1. The molecular formula is C17H17FN4OS. The quantitative estimate of drug-likeness (QED) is 0.763. The fourth-order valence-corrected chi connectivity index (χ4v) is 3.14. The molecular weight excluding hydrogens is 327 g/mol. The summed E-state index contributed by atoms with van der Waals surface area (Å²) in [7, 11) is 0. The van der Waals surface area contributed by atoms with E-state index in [1.165, 1.54) is 23.5 Å². The van der Waals surface area contributed by atoms with Crippen LogP contribution in [0.3, 0.4) is 0 Å². The van der Waals surface area contributed by atoms with E-state index in [4.69, 9.17) is 0 Å². The second kappa shape index (κ2) is 6.92. The Hall–Kier alpha value is -2.54. The molecule has 0 aliphatic heterocycles. The number of amides is 1. The van der Waals surface area contributed by atoms with E-state index in [2.05, 4.69) is 15.4 Å². The smallest absolute Gasteiger partial charge is 0.231 e. The van der Waals surface area contributed by atoms with E-state index in [-0.39, 0.29) is 24.2 Å². The Morgan fingerprint density at radius 3 is 2.96 bits per heavy atom. The number of benzene rings is 1. The maximum atomic E-state index is 13.3. The molecule has 1 amide bonds. The van der Waals surface area contributed by atoms with Gasteiger partial charge in [0.15, 0.2) is 0 Å². The minimum Gasteiger partial charge on any atom is -0.311 e. The summed E-state index contributed by atoms with van der Waals surface area (Å²) in [5.74, 6) is 0.202. The molecule has 3 aromatic rings. The molecule has 0 saturated carbocycles. The lowest BCUT2D eigenvalue weighted by atomic mass is 10.2. The second-order valence-electron chi connectivity index (χ2n) is 5.63. The van der Waals surface area contributed by atoms with Gasteiger partial charge in [0.1, 0.15) is 16.6 Å². The molecule has 0 aliphatic carbocycles. The predicted molar refractivity (Wildman–Crippen MR) is 92.5 cm³/mol. The molecule has 1 N–H and O–H groups in total. The summed E-state index contributed by atoms with van der Waals surface area (Å²) < 4.78 is 15.0. The first-order chi connectivity index (χ1) is 11.5. The topological polar surface area (TPSA) is 59.8 Å². The van der Waals surface area contributed by atoms with Crippen molar-refractivity contribution in [3.05, 3.63) is 53.4 Å². The number of rotatable bonds is 5. The molecule has 0 spiro atoms. The van der Waals surface area contributed by atoms with Crippen LogP contribution < -0.4 is 5.32 Å². The average molecular weight is 344 g/mol. The van der Waals surface area contributed by atoms with Crippen molar-refractivity contribution < 1.29 is 9.18 Å². The van der Waals surface area contributed by atoms with Gasteiger partial charge in [-0.3, -0.25) is 4.79 Å². The third-order valence-corrected chi connectivity index (χ3v) is 4.33. The Bertz CT molecular complexity index is 856. The highest BCUT2D eigenvalue weighted by Crippen LogP contribution is 2.24. The number of thiazole rings is 1. The summed E-state index contributed by atoms with van der Waals surface area (Å²) in [6.45, 7) is 3.99. The van der Waals surface area contributed by atoms with E-state index in [0.29, 0.717) is 22.1 Å². The van der Waals surface area contributed by atoms with Gasteiger partial charge in [-0.25, -0.2) is 14.1 Å². The summed E-state index contributed by atoms with van der Waals surface area (Å²) in [6, 6.07) is 8.19. The van der Waals surface area contributed by atoms with Crippen molar-refractivity contribution in [2.75, 3.05) is 5.32 Å². The zero-order valence-electron chi connectivity index (χ0n) is 13.4. The fourth-order valence-electron chi connectivity index (χ4n) is 2.32. The third kappa shape index (κ3) is 3.68. The van der Waals surface area contributed by atoms with Crippen LogP contribution in [0.15, 0.2) is 41.9 Å². The minimum absolute atomic E-state index is 0.159. The van der Waals surface area contributed by atoms with E-state index in [0.717, 1.165) is 0 Å². The number of hydrogen-bond donors (Lipinski definition) is 1. The highest BCUT2D eigenvalue weighted by atomic mass is 32.1. The van der Waals surface area contributed by atoms with Crippen molar-refractivity contribution in [1.82, 2.24) is 14.8 Å². The molecule has 0 radical (unpaired) electrons. The Balaban J connectivity index is 1.68. The number of carbonyl (C=O) groups excluding carboxylic acids is 1. The van der Waals surface area contributed by atoms with Crippen LogP contribution >= 0.6 is 11.3 Å². The molecule has 2 heterocycles. The largest absolute Gasteiger partial charge is 0.311 e. The van der Waals surface area contributed by atoms with Gasteiger partial charge in [0.2, 0.25) is 5.91 Å². The van der Waals surface area contributed by atoms with Crippen LogP contribution in [0.1, 0.15) is 25.6 Å². The van der Waals surface area contributed by atoms with Gasteiger partial charge >= 0.3 is 0 Å². The van der Waals surface area contributed by atoms with Crippen molar-refractivity contribution in [3.63, 3.8) is 0 Å². The molecule has 0 saturated heterocycles. The van der Waals surface area contributed by atoms with Gasteiger partial charge in [-0.05, 0) is 26.0 Å². The number of nitrogens with one attached hydrogen (secondary N) is 1. The zero-order valence-corrected chi connectivity index (χ0v) is 14.2. The summed E-state index contributed by atoms with van der Waals surface area (Å²) in [5, 5.41) is 9.54. The maximum Gasteiger partial charge on any atom is 0.231 e. The monoisotopic (exact) mass is 344 g/mol. The number of hydrogen-bond acceptors (Lipinski definition) is 4. The van der Waals surface area contributed by atoms with Crippen LogP contribution in [-0.2, 0) is 11.2 Å². The molecule has 0 atom stereocenters. The molecule has 3 rings (SSSR count). The van der Waals surface area contributed by atoms with Crippen LogP contribution in [0.2, 0.25) is 0 Å². The normalized spacial score (nSPS) is 11.0. The second-order valence-corrected chi connectivity index (χ2v) is 6.49. The average Bonchev–Trinajstić information content (AvgIpc) is 3.16. The molecule has 5 nitrogen and oxygen atoms in total. The summed E-state index contributed by atoms with van der Waals surface area (Å²) in [4.78, 5) is 16.6. The van der Waals surface area contributed by atoms with E-state index in [9.17, 15) is 9.18 Å². The Kier molecular flexibility index (Phi) is 4.71. The lowest BCUT2D eigenvalue weighted by molar-refractivity contribution is -0.115. The molecule has 124 valence electrons. The van der Waals surface area contributed by atoms with E-state index in [1.54, 1.807) is 29.1 Å². The maximum absolute atomic E-state index is 13.3. The minimum atomic E-state index is -0.302. The molecule has 0 bridgehead atoms. The first-order valence-electron chi connectivity index (χ1n) is 7.56. The highest BCUT2D eigenvalue weighted by molar-refractivity contribution is 7.13. The van der Waals surface area contributed by atoms with Gasteiger partial charge < -0.3 is 5.32 Å². The molecule has 2 aromatic heterocycles. The molecule has 1 aromatic carbocycles. The van der Waals surface area contributed by atoms with Crippen molar-refractivity contribution >= 4 is 23.1 Å².